The molecule has 3 aromatic heterocycles. The van der Waals surface area contributed by atoms with E-state index in [0.717, 1.165) is 28.1 Å². The minimum Gasteiger partial charge on any atom is -0.208 e. The highest BCUT2D eigenvalue weighted by molar-refractivity contribution is 7.29. The van der Waals surface area contributed by atoms with Gasteiger partial charge in [-0.3, -0.25) is 0 Å². The number of hydrogen-bond donors (Lipinski definition) is 0. The number of fused-ring (bicyclic) bond motifs is 6. The number of nitrogens with zero attached hydrogens (tertiary/aromatic N) is 3. The maximum atomic E-state index is 5.74. The van der Waals surface area contributed by atoms with Crippen molar-refractivity contribution < 1.29 is 0 Å². The molecular weight excluding hydrogens is 913 g/mol. The van der Waals surface area contributed by atoms with Crippen molar-refractivity contribution in [1.82, 2.24) is 15.0 Å². The molecule has 11 rings (SSSR count). The van der Waals surface area contributed by atoms with Crippen molar-refractivity contribution in [2.75, 3.05) is 0 Å². The molecule has 0 N–H and O–H groups in total. The van der Waals surface area contributed by atoms with Crippen molar-refractivity contribution in [1.29, 1.82) is 0 Å². The molecule has 0 saturated carbocycles. The van der Waals surface area contributed by atoms with Crippen LogP contribution in [-0.4, -0.2) is 156 Å². The first-order chi connectivity index (χ1) is 35.2. The van der Waals surface area contributed by atoms with Crippen LogP contribution in [0.1, 0.15) is 0 Å². The molecule has 23 heteroatoms. The lowest BCUT2D eigenvalue weighted by atomic mass is 9.58. The van der Waals surface area contributed by atoms with Crippen molar-refractivity contribution >= 4 is 303 Å². The molecule has 0 unspecified atom stereocenters. The van der Waals surface area contributed by atoms with E-state index in [1.54, 1.807) is 0 Å². The zero-order valence-corrected chi connectivity index (χ0v) is 48.3. The molecule has 0 radical (unpaired) electrons. The van der Waals surface area contributed by atoms with E-state index in [9.17, 15) is 0 Å². The van der Waals surface area contributed by atoms with Gasteiger partial charge >= 0.3 is 0 Å². The molecular formula is C51H49B18N3S2. The van der Waals surface area contributed by atoms with Gasteiger partial charge in [0, 0.05) is 46.3 Å². The molecule has 0 fully saturated rings. The van der Waals surface area contributed by atoms with Crippen LogP contribution < -0.4 is 98.3 Å². The first-order valence-corrected chi connectivity index (χ1v) is 27.8. The monoisotopic (exact) mass is 966 g/mol. The second-order valence-corrected chi connectivity index (χ2v) is 23.6. The van der Waals surface area contributed by atoms with Gasteiger partial charge in [-0.1, -0.05) is 144 Å². The molecule has 0 aliphatic heterocycles. The average molecular weight is 963 g/mol. The van der Waals surface area contributed by atoms with Crippen LogP contribution in [0.25, 0.3) is 108 Å². The van der Waals surface area contributed by atoms with Gasteiger partial charge in [-0.2, -0.15) is 0 Å². The Hall–Kier alpha value is -5.62. The largest absolute Gasteiger partial charge is 0.208 e. The lowest BCUT2D eigenvalue weighted by Gasteiger charge is -2.25. The molecule has 0 spiro atoms. The third kappa shape index (κ3) is 7.51. The molecule has 0 aliphatic carbocycles. The van der Waals surface area contributed by atoms with E-state index in [4.69, 9.17) is 15.0 Å². The fraction of sp³-hybridized carbons (Fsp3) is 0. The van der Waals surface area contributed by atoms with E-state index in [2.05, 4.69) is 220 Å². The summed E-state index contributed by atoms with van der Waals surface area (Å²) in [7, 11) is 41.5. The summed E-state index contributed by atoms with van der Waals surface area (Å²) in [5.41, 5.74) is 34.6. The van der Waals surface area contributed by atoms with E-state index < -0.39 is 0 Å². The van der Waals surface area contributed by atoms with Gasteiger partial charge in [0.15, 0.2) is 17.5 Å². The van der Waals surface area contributed by atoms with Crippen molar-refractivity contribution in [2.45, 2.75) is 0 Å². The fourth-order valence-electron chi connectivity index (χ4n) is 12.3. The number of hydrogen-bond acceptors (Lipinski definition) is 5. The van der Waals surface area contributed by atoms with Gasteiger partial charge in [0.05, 0.1) is 0 Å². The van der Waals surface area contributed by atoms with Crippen LogP contribution in [0.5, 0.6) is 0 Å². The molecule has 0 aliphatic rings. The predicted molar refractivity (Wildman–Crippen MR) is 385 cm³/mol. The van der Waals surface area contributed by atoms with Crippen LogP contribution in [0.15, 0.2) is 78.9 Å². The summed E-state index contributed by atoms with van der Waals surface area (Å²) in [6, 6.07) is 28.3. The summed E-state index contributed by atoms with van der Waals surface area (Å²) in [6.07, 6.45) is 0. The van der Waals surface area contributed by atoms with Gasteiger partial charge in [-0.05, 0) is 50.2 Å². The van der Waals surface area contributed by atoms with E-state index >= 15 is 0 Å². The van der Waals surface area contributed by atoms with Crippen molar-refractivity contribution in [3.8, 4) is 67.5 Å². The molecule has 8 aromatic carbocycles. The maximum absolute atomic E-state index is 5.74. The molecule has 334 valence electrons. The predicted octanol–water partition coefficient (Wildman–Crippen LogP) is -16.7. The van der Waals surface area contributed by atoms with Gasteiger partial charge < -0.3 is 0 Å². The topological polar surface area (TPSA) is 38.7 Å². The third-order valence-electron chi connectivity index (χ3n) is 18.2. The highest BCUT2D eigenvalue weighted by Crippen LogP contribution is 2.39. The summed E-state index contributed by atoms with van der Waals surface area (Å²) in [5, 5.41) is 5.33. The van der Waals surface area contributed by atoms with Crippen molar-refractivity contribution in [3.63, 3.8) is 0 Å². The third-order valence-corrected chi connectivity index (χ3v) is 21.1. The Morgan fingerprint density at radius 2 is 0.568 bits per heavy atom. The highest BCUT2D eigenvalue weighted by Gasteiger charge is 2.28. The number of aromatic nitrogens is 3. The highest BCUT2D eigenvalue weighted by atomic mass is 32.1. The molecule has 0 bridgehead atoms. The Labute approximate surface area is 460 Å². The lowest BCUT2D eigenvalue weighted by molar-refractivity contribution is 1.08. The minimum absolute atomic E-state index is 0.674. The summed E-state index contributed by atoms with van der Waals surface area (Å²) in [5.74, 6) is 2.11. The molecule has 74 heavy (non-hydrogen) atoms. The summed E-state index contributed by atoms with van der Waals surface area (Å²) in [4.78, 5) is 16.9. The van der Waals surface area contributed by atoms with Crippen LogP contribution in [0.4, 0.5) is 0 Å². The van der Waals surface area contributed by atoms with Crippen LogP contribution in [0, 0.1) is 0 Å². The quantitative estimate of drug-likeness (QED) is 0.156. The van der Waals surface area contributed by atoms with Crippen LogP contribution >= 0.6 is 22.7 Å². The summed E-state index contributed by atoms with van der Waals surface area (Å²) < 4.78 is 5.35. The minimum atomic E-state index is 0.674. The normalized spacial score (nSPS) is 11.7. The second kappa shape index (κ2) is 18.6. The molecule has 0 saturated heterocycles. The SMILES string of the molecule is Bc1c(B)c(B)c(-c2c(B)c(B)c(B)c3sc4c(B)c(-c5nc(-c6ccc(-c7cccc(-c8ccccc8)c7)cc6)nc(-c6c(B)c(B)c(B)c7sc8c(B)c(B)c(B)c(B)c8c67)n5)c(B)c(B)c4c23)c(B)c1B. The van der Waals surface area contributed by atoms with E-state index in [1.807, 2.05) is 22.7 Å². The van der Waals surface area contributed by atoms with Crippen LogP contribution in [0.2, 0.25) is 0 Å². The Kier molecular flexibility index (Phi) is 12.7. The number of thiophene rings is 2. The van der Waals surface area contributed by atoms with Crippen molar-refractivity contribution in [3.05, 3.63) is 78.9 Å². The Balaban J connectivity index is 1.20. The Bertz CT molecular complexity index is 4260. The Morgan fingerprint density at radius 3 is 1.12 bits per heavy atom. The van der Waals surface area contributed by atoms with E-state index in [1.165, 1.54) is 166 Å². The van der Waals surface area contributed by atoms with Crippen LogP contribution in [-0.2, 0) is 0 Å². The zero-order chi connectivity index (χ0) is 52.7. The van der Waals surface area contributed by atoms with Crippen molar-refractivity contribution in [2.24, 2.45) is 0 Å². The molecule has 0 amide bonds. The van der Waals surface area contributed by atoms with Crippen LogP contribution in [0.3, 0.4) is 0 Å². The summed E-state index contributed by atoms with van der Waals surface area (Å²) >= 11 is 3.88. The fourth-order valence-corrected chi connectivity index (χ4v) is 15.2. The zero-order valence-electron chi connectivity index (χ0n) is 46.7. The molecule has 3 heterocycles. The van der Waals surface area contributed by atoms with E-state index in [-0.39, 0.29) is 0 Å². The first-order valence-electron chi connectivity index (χ1n) is 26.2. The molecule has 0 atom stereocenters. The first kappa shape index (κ1) is 50.5. The Morgan fingerprint density at radius 1 is 0.230 bits per heavy atom. The number of benzene rings is 8. The van der Waals surface area contributed by atoms with Gasteiger partial charge in [-0.25, -0.2) is 15.0 Å². The van der Waals surface area contributed by atoms with Gasteiger partial charge in [0.25, 0.3) is 0 Å². The average Bonchev–Trinajstić information content (AvgIpc) is 4.03. The standard InChI is InChI=1S/C51H49B18N3S2/c52-27-19(22-28(53)35(60)40(65)36(61)29(22)54)20-23-30(55)33(58)26(34(59)47(23)73-45(20)42(67)38(27)63)51-71-49(16-11-9-15(10-12-16)18-8-4-7-17(13-18)14-5-2-1-3-6-14)70-50(72-51)25-21-24-31(56)37(62)41(66)44(69)48(24)74-46(21)43(68)39(64)32(25)57/h1-13H,52-69H2. The molecule has 11 aromatic rings. The lowest BCUT2D eigenvalue weighted by Crippen LogP contribution is -2.56. The maximum Gasteiger partial charge on any atom is 0.164 e. The van der Waals surface area contributed by atoms with E-state index in [0.29, 0.717) is 11.6 Å². The van der Waals surface area contributed by atoms with Gasteiger partial charge in [0.1, 0.15) is 141 Å². The summed E-state index contributed by atoms with van der Waals surface area (Å²) in [6.45, 7) is 0. The van der Waals surface area contributed by atoms with Gasteiger partial charge in [0.2, 0.25) is 0 Å². The molecule has 3 nitrogen and oxygen atoms in total. The second-order valence-electron chi connectivity index (χ2n) is 21.6. The number of rotatable bonds is 6. The smallest absolute Gasteiger partial charge is 0.164 e. The van der Waals surface area contributed by atoms with Gasteiger partial charge in [-0.15, -0.1) is 50.0 Å².